The second kappa shape index (κ2) is 6.66. The highest BCUT2D eigenvalue weighted by Crippen LogP contribution is 2.35. The highest BCUT2D eigenvalue weighted by molar-refractivity contribution is 7.15. The maximum atomic E-state index is 5.00. The predicted molar refractivity (Wildman–Crippen MR) is 93.4 cm³/mol. The molecule has 2 rings (SSSR count). The number of rotatable bonds is 5. The number of aromatic nitrogens is 1. The molecule has 1 fully saturated rings. The van der Waals surface area contributed by atoms with Gasteiger partial charge in [-0.15, -0.1) is 11.3 Å². The van der Waals surface area contributed by atoms with Gasteiger partial charge in [0.1, 0.15) is 0 Å². The third kappa shape index (κ3) is 4.43. The van der Waals surface area contributed by atoms with Crippen LogP contribution >= 0.6 is 11.3 Å². The molecular weight excluding hydrogens is 278 g/mol. The van der Waals surface area contributed by atoms with Crippen molar-refractivity contribution in [2.24, 2.45) is 11.8 Å². The van der Waals surface area contributed by atoms with Crippen LogP contribution in [0.1, 0.15) is 58.5 Å². The molecule has 0 aromatic carbocycles. The Morgan fingerprint density at radius 2 is 2.10 bits per heavy atom. The lowest BCUT2D eigenvalue weighted by Crippen LogP contribution is -2.22. The fourth-order valence-corrected chi connectivity index (χ4v) is 4.04. The van der Waals surface area contributed by atoms with E-state index in [0.717, 1.165) is 32.1 Å². The largest absolute Gasteiger partial charge is 0.348 e. The molecule has 0 amide bonds. The molecule has 2 heterocycles. The van der Waals surface area contributed by atoms with E-state index in [2.05, 4.69) is 51.8 Å². The molecule has 1 aliphatic rings. The Morgan fingerprint density at radius 3 is 2.62 bits per heavy atom. The topological polar surface area (TPSA) is 28.2 Å². The number of anilines is 1. The van der Waals surface area contributed by atoms with Gasteiger partial charge in [0.2, 0.25) is 0 Å². The van der Waals surface area contributed by atoms with Gasteiger partial charge in [0, 0.05) is 29.9 Å². The lowest BCUT2D eigenvalue weighted by molar-refractivity contribution is 0.535. The van der Waals surface area contributed by atoms with Crippen molar-refractivity contribution in [1.82, 2.24) is 10.3 Å². The van der Waals surface area contributed by atoms with Crippen LogP contribution in [0.25, 0.3) is 0 Å². The minimum Gasteiger partial charge on any atom is -0.348 e. The summed E-state index contributed by atoms with van der Waals surface area (Å²) in [5, 5.41) is 4.81. The van der Waals surface area contributed by atoms with E-state index in [4.69, 9.17) is 4.98 Å². The van der Waals surface area contributed by atoms with Crippen molar-refractivity contribution in [1.29, 1.82) is 0 Å². The Hall–Kier alpha value is -0.610. The van der Waals surface area contributed by atoms with Crippen LogP contribution in [0.15, 0.2) is 0 Å². The van der Waals surface area contributed by atoms with Crippen LogP contribution in [0, 0.1) is 11.8 Å². The zero-order chi connectivity index (χ0) is 15.6. The Balaban J connectivity index is 2.15. The minimum atomic E-state index is 0.120. The van der Waals surface area contributed by atoms with Gasteiger partial charge in [-0.3, -0.25) is 0 Å². The molecule has 3 nitrogen and oxygen atoms in total. The molecule has 0 spiro atoms. The number of nitrogens with zero attached hydrogens (tertiary/aromatic N) is 2. The molecule has 0 aliphatic carbocycles. The summed E-state index contributed by atoms with van der Waals surface area (Å²) in [5.74, 6) is 1.49. The van der Waals surface area contributed by atoms with Gasteiger partial charge in [0.25, 0.3) is 0 Å². The SMILES string of the molecule is CC(C)CNCc1sc(N2CCC(C)C2)nc1C(C)(C)C. The van der Waals surface area contributed by atoms with E-state index in [-0.39, 0.29) is 5.41 Å². The van der Waals surface area contributed by atoms with Crippen LogP contribution in [0.3, 0.4) is 0 Å². The monoisotopic (exact) mass is 309 g/mol. The van der Waals surface area contributed by atoms with Crippen LogP contribution in [0.2, 0.25) is 0 Å². The normalized spacial score (nSPS) is 19.8. The van der Waals surface area contributed by atoms with E-state index in [0.29, 0.717) is 5.92 Å². The molecule has 0 radical (unpaired) electrons. The predicted octanol–water partition coefficient (Wildman–Crippen LogP) is 4.03. The molecule has 1 aromatic rings. The summed E-state index contributed by atoms with van der Waals surface area (Å²) >= 11 is 1.89. The third-order valence-electron chi connectivity index (χ3n) is 3.93. The smallest absolute Gasteiger partial charge is 0.185 e. The van der Waals surface area contributed by atoms with Crippen molar-refractivity contribution in [3.8, 4) is 0 Å². The Bertz CT molecular complexity index is 459. The zero-order valence-corrected chi connectivity index (χ0v) is 15.3. The van der Waals surface area contributed by atoms with Gasteiger partial charge in [0.05, 0.1) is 5.69 Å². The van der Waals surface area contributed by atoms with Crippen molar-refractivity contribution >= 4 is 16.5 Å². The lowest BCUT2D eigenvalue weighted by atomic mass is 9.91. The van der Waals surface area contributed by atoms with Crippen molar-refractivity contribution in [2.45, 2.75) is 59.9 Å². The number of hydrogen-bond acceptors (Lipinski definition) is 4. The fraction of sp³-hybridized carbons (Fsp3) is 0.824. The number of hydrogen-bond donors (Lipinski definition) is 1. The van der Waals surface area contributed by atoms with Crippen molar-refractivity contribution < 1.29 is 0 Å². The summed E-state index contributed by atoms with van der Waals surface area (Å²) in [5.41, 5.74) is 1.40. The van der Waals surface area contributed by atoms with Crippen LogP contribution in [0.4, 0.5) is 5.13 Å². The molecule has 21 heavy (non-hydrogen) atoms. The summed E-state index contributed by atoms with van der Waals surface area (Å²) in [6, 6.07) is 0. The van der Waals surface area contributed by atoms with E-state index in [1.165, 1.54) is 22.1 Å². The molecule has 1 N–H and O–H groups in total. The van der Waals surface area contributed by atoms with Gasteiger partial charge in [-0.1, -0.05) is 41.5 Å². The summed E-state index contributed by atoms with van der Waals surface area (Å²) < 4.78 is 0. The molecular formula is C17H31N3S. The van der Waals surface area contributed by atoms with Crippen LogP contribution in [0.5, 0.6) is 0 Å². The first-order chi connectivity index (χ1) is 9.77. The molecule has 0 saturated carbocycles. The van der Waals surface area contributed by atoms with Crippen molar-refractivity contribution in [2.75, 3.05) is 24.5 Å². The standard InChI is InChI=1S/C17H31N3S/c1-12(2)9-18-10-14-15(17(4,5)6)19-16(21-14)20-8-7-13(3)11-20/h12-13,18H,7-11H2,1-6H3. The van der Waals surface area contributed by atoms with Crippen LogP contribution in [-0.2, 0) is 12.0 Å². The van der Waals surface area contributed by atoms with Gasteiger partial charge < -0.3 is 10.2 Å². The van der Waals surface area contributed by atoms with Gasteiger partial charge in [-0.05, 0) is 24.8 Å². The highest BCUT2D eigenvalue weighted by atomic mass is 32.1. The van der Waals surface area contributed by atoms with E-state index < -0.39 is 0 Å². The average molecular weight is 310 g/mol. The first-order valence-electron chi connectivity index (χ1n) is 8.23. The third-order valence-corrected chi connectivity index (χ3v) is 5.05. The molecule has 1 aromatic heterocycles. The van der Waals surface area contributed by atoms with Gasteiger partial charge >= 0.3 is 0 Å². The Labute approximate surface area is 134 Å². The molecule has 4 heteroatoms. The quantitative estimate of drug-likeness (QED) is 0.890. The summed E-state index contributed by atoms with van der Waals surface area (Å²) in [6.07, 6.45) is 1.30. The van der Waals surface area contributed by atoms with Crippen LogP contribution in [-0.4, -0.2) is 24.6 Å². The summed E-state index contributed by atoms with van der Waals surface area (Å²) in [6.45, 7) is 18.0. The highest BCUT2D eigenvalue weighted by Gasteiger charge is 2.27. The van der Waals surface area contributed by atoms with Crippen molar-refractivity contribution in [3.63, 3.8) is 0 Å². The maximum absolute atomic E-state index is 5.00. The van der Waals surface area contributed by atoms with E-state index in [9.17, 15) is 0 Å². The number of nitrogens with one attached hydrogen (secondary N) is 1. The number of thiazole rings is 1. The molecule has 120 valence electrons. The second-order valence-electron chi connectivity index (χ2n) is 7.88. The summed E-state index contributed by atoms with van der Waals surface area (Å²) in [4.78, 5) is 8.88. The second-order valence-corrected chi connectivity index (χ2v) is 8.94. The van der Waals surface area contributed by atoms with Gasteiger partial charge in [0.15, 0.2) is 5.13 Å². The summed E-state index contributed by atoms with van der Waals surface area (Å²) in [7, 11) is 0. The lowest BCUT2D eigenvalue weighted by Gasteiger charge is -2.18. The molecule has 1 aliphatic heterocycles. The molecule has 1 saturated heterocycles. The first-order valence-corrected chi connectivity index (χ1v) is 9.05. The minimum absolute atomic E-state index is 0.120. The zero-order valence-electron chi connectivity index (χ0n) is 14.5. The molecule has 0 bridgehead atoms. The molecule has 1 atom stereocenters. The van der Waals surface area contributed by atoms with Crippen LogP contribution < -0.4 is 10.2 Å². The van der Waals surface area contributed by atoms with E-state index in [1.54, 1.807) is 0 Å². The maximum Gasteiger partial charge on any atom is 0.185 e. The Morgan fingerprint density at radius 1 is 1.38 bits per heavy atom. The van der Waals surface area contributed by atoms with Gasteiger partial charge in [-0.25, -0.2) is 4.98 Å². The van der Waals surface area contributed by atoms with E-state index in [1.807, 2.05) is 11.3 Å². The average Bonchev–Trinajstić information content (AvgIpc) is 2.94. The Kier molecular flexibility index (Phi) is 5.31. The first kappa shape index (κ1) is 16.8. The molecule has 1 unspecified atom stereocenters. The van der Waals surface area contributed by atoms with Gasteiger partial charge in [-0.2, -0.15) is 0 Å². The fourth-order valence-electron chi connectivity index (χ4n) is 2.76. The van der Waals surface area contributed by atoms with E-state index >= 15 is 0 Å². The van der Waals surface area contributed by atoms with Crippen molar-refractivity contribution in [3.05, 3.63) is 10.6 Å².